The summed E-state index contributed by atoms with van der Waals surface area (Å²) < 4.78 is 11.2. The monoisotopic (exact) mass is 407 g/mol. The van der Waals surface area contributed by atoms with E-state index < -0.39 is 0 Å². The van der Waals surface area contributed by atoms with Crippen molar-refractivity contribution in [3.8, 4) is 11.5 Å². The summed E-state index contributed by atoms with van der Waals surface area (Å²) in [6.07, 6.45) is 0.609. The highest BCUT2D eigenvalue weighted by Gasteiger charge is 2.28. The van der Waals surface area contributed by atoms with Gasteiger partial charge in [0, 0.05) is 25.9 Å². The third kappa shape index (κ3) is 4.15. The number of anilines is 1. The second-order valence-corrected chi connectivity index (χ2v) is 7.39. The van der Waals surface area contributed by atoms with Gasteiger partial charge in [0.15, 0.2) is 11.5 Å². The largest absolute Gasteiger partial charge is 0.486 e. The summed E-state index contributed by atoms with van der Waals surface area (Å²) in [5.74, 6) is 1.17. The smallest absolute Gasteiger partial charge is 0.270 e. The molecule has 30 heavy (non-hydrogen) atoms. The van der Waals surface area contributed by atoms with E-state index in [1.54, 1.807) is 4.90 Å². The Morgan fingerprint density at radius 1 is 1.10 bits per heavy atom. The highest BCUT2D eigenvalue weighted by atomic mass is 16.6. The molecule has 0 fully saturated rings. The lowest BCUT2D eigenvalue weighted by molar-refractivity contribution is -0.124. The van der Waals surface area contributed by atoms with Crippen LogP contribution >= 0.6 is 0 Å². The van der Waals surface area contributed by atoms with Gasteiger partial charge in [-0.05, 0) is 49.2 Å². The molecule has 2 aliphatic rings. The minimum Gasteiger partial charge on any atom is -0.486 e. The van der Waals surface area contributed by atoms with Crippen LogP contribution in [-0.2, 0) is 16.1 Å². The quantitative estimate of drug-likeness (QED) is 0.763. The van der Waals surface area contributed by atoms with E-state index in [9.17, 15) is 9.59 Å². The van der Waals surface area contributed by atoms with Crippen molar-refractivity contribution >= 4 is 23.2 Å². The first-order valence-corrected chi connectivity index (χ1v) is 10.2. The molecule has 2 heterocycles. The summed E-state index contributed by atoms with van der Waals surface area (Å²) in [6.45, 7) is 5.92. The summed E-state index contributed by atoms with van der Waals surface area (Å²) in [5, 5.41) is 5.77. The molecule has 0 N–H and O–H groups in total. The Labute approximate surface area is 175 Å². The van der Waals surface area contributed by atoms with Gasteiger partial charge in [-0.25, -0.2) is 5.01 Å². The molecule has 0 unspecified atom stereocenters. The zero-order valence-electron chi connectivity index (χ0n) is 17.3. The predicted octanol–water partition coefficient (Wildman–Crippen LogP) is 3.30. The van der Waals surface area contributed by atoms with Crippen molar-refractivity contribution < 1.29 is 19.1 Å². The first kappa shape index (κ1) is 19.9. The Hall–Kier alpha value is -3.35. The Morgan fingerprint density at radius 2 is 1.90 bits per heavy atom. The highest BCUT2D eigenvalue weighted by Crippen LogP contribution is 2.31. The van der Waals surface area contributed by atoms with Gasteiger partial charge in [-0.15, -0.1) is 0 Å². The van der Waals surface area contributed by atoms with Crippen LogP contribution in [0.3, 0.4) is 0 Å². The topological polar surface area (TPSA) is 71.4 Å². The molecule has 2 amide bonds. The first-order chi connectivity index (χ1) is 14.5. The van der Waals surface area contributed by atoms with Crippen LogP contribution in [0, 0.1) is 6.92 Å². The van der Waals surface area contributed by atoms with Crippen molar-refractivity contribution in [2.75, 3.05) is 24.8 Å². The third-order valence-corrected chi connectivity index (χ3v) is 5.17. The zero-order chi connectivity index (χ0) is 21.1. The van der Waals surface area contributed by atoms with Gasteiger partial charge in [0.05, 0.1) is 5.69 Å². The summed E-state index contributed by atoms with van der Waals surface area (Å²) in [5.41, 5.74) is 3.07. The lowest BCUT2D eigenvalue weighted by Crippen LogP contribution is -2.41. The lowest BCUT2D eigenvalue weighted by atomic mass is 10.1. The van der Waals surface area contributed by atoms with Crippen LogP contribution in [0.4, 0.5) is 5.69 Å². The van der Waals surface area contributed by atoms with Crippen molar-refractivity contribution in [2.45, 2.75) is 33.2 Å². The lowest BCUT2D eigenvalue weighted by Gasteiger charge is -2.27. The molecule has 0 bridgehead atoms. The minimum atomic E-state index is -0.155. The van der Waals surface area contributed by atoms with E-state index in [4.69, 9.17) is 9.47 Å². The average molecular weight is 407 g/mol. The number of nitrogens with zero attached hydrogens (tertiary/aromatic N) is 3. The van der Waals surface area contributed by atoms with Gasteiger partial charge in [-0.3, -0.25) is 9.59 Å². The average Bonchev–Trinajstić information content (AvgIpc) is 2.77. The molecule has 2 aromatic rings. The predicted molar refractivity (Wildman–Crippen MR) is 114 cm³/mol. The maximum Gasteiger partial charge on any atom is 0.270 e. The van der Waals surface area contributed by atoms with E-state index in [-0.39, 0.29) is 18.2 Å². The summed E-state index contributed by atoms with van der Waals surface area (Å²) >= 11 is 0. The van der Waals surface area contributed by atoms with Gasteiger partial charge in [0.25, 0.3) is 5.91 Å². The number of aryl methyl sites for hydroxylation is 1. The molecular formula is C23H25N3O4. The Morgan fingerprint density at radius 3 is 2.67 bits per heavy atom. The fourth-order valence-corrected chi connectivity index (χ4v) is 3.59. The molecule has 0 spiro atoms. The van der Waals surface area contributed by atoms with Crippen molar-refractivity contribution in [1.82, 2.24) is 4.90 Å². The van der Waals surface area contributed by atoms with Gasteiger partial charge in [-0.2, -0.15) is 5.10 Å². The Bertz CT molecular complexity index is 1000. The fraction of sp³-hybridized carbons (Fsp3) is 0.348. The Balaban J connectivity index is 1.54. The van der Waals surface area contributed by atoms with Crippen LogP contribution in [-0.4, -0.2) is 42.2 Å². The maximum atomic E-state index is 13.2. The van der Waals surface area contributed by atoms with E-state index in [0.717, 1.165) is 16.9 Å². The van der Waals surface area contributed by atoms with E-state index in [1.807, 2.05) is 56.3 Å². The molecule has 2 aliphatic heterocycles. The molecule has 7 heteroatoms. The van der Waals surface area contributed by atoms with E-state index in [0.29, 0.717) is 49.9 Å². The Kier molecular flexibility index (Phi) is 5.70. The molecule has 0 saturated carbocycles. The van der Waals surface area contributed by atoms with Crippen molar-refractivity contribution in [3.63, 3.8) is 0 Å². The van der Waals surface area contributed by atoms with E-state index in [2.05, 4.69) is 5.10 Å². The van der Waals surface area contributed by atoms with Gasteiger partial charge in [0.1, 0.15) is 18.9 Å². The molecule has 7 nitrogen and oxygen atoms in total. The van der Waals surface area contributed by atoms with Gasteiger partial charge < -0.3 is 14.4 Å². The molecule has 4 rings (SSSR count). The molecule has 0 saturated heterocycles. The molecule has 0 aromatic heterocycles. The van der Waals surface area contributed by atoms with Crippen LogP contribution in [0.2, 0.25) is 0 Å². The highest BCUT2D eigenvalue weighted by molar-refractivity contribution is 6.40. The van der Waals surface area contributed by atoms with Crippen LogP contribution < -0.4 is 14.5 Å². The molecule has 156 valence electrons. The number of hydrazone groups is 1. The van der Waals surface area contributed by atoms with Crippen molar-refractivity contribution in [2.24, 2.45) is 5.10 Å². The number of rotatable bonds is 5. The first-order valence-electron chi connectivity index (χ1n) is 10.2. The van der Waals surface area contributed by atoms with Gasteiger partial charge >= 0.3 is 0 Å². The van der Waals surface area contributed by atoms with E-state index >= 15 is 0 Å². The number of carbonyl (C=O) groups is 2. The number of carbonyl (C=O) groups excluding carboxylic acids is 2. The van der Waals surface area contributed by atoms with Crippen LogP contribution in [0.25, 0.3) is 0 Å². The molecule has 0 atom stereocenters. The number of fused-ring (bicyclic) bond motifs is 1. The van der Waals surface area contributed by atoms with Crippen LogP contribution in [0.1, 0.15) is 30.9 Å². The summed E-state index contributed by atoms with van der Waals surface area (Å²) in [6, 6.07) is 13.3. The minimum absolute atomic E-state index is 0.105. The third-order valence-electron chi connectivity index (χ3n) is 5.17. The number of benzene rings is 2. The number of amides is 2. The second kappa shape index (κ2) is 8.57. The van der Waals surface area contributed by atoms with Crippen LogP contribution in [0.15, 0.2) is 47.6 Å². The standard InChI is InChI=1S/C23H25N3O4/c1-3-25(15-17-7-9-20-21(14-17)30-12-11-29-20)23(28)19-8-10-22(27)26(24-19)18-6-4-5-16(2)13-18/h4-7,9,13-14H,3,8,10-12,15H2,1-2H3. The van der Waals surface area contributed by atoms with Gasteiger partial charge in [0.2, 0.25) is 5.91 Å². The molecule has 0 aliphatic carbocycles. The number of hydrogen-bond acceptors (Lipinski definition) is 5. The van der Waals surface area contributed by atoms with Crippen LogP contribution in [0.5, 0.6) is 11.5 Å². The molecule has 2 aromatic carbocycles. The summed E-state index contributed by atoms with van der Waals surface area (Å²) in [4.78, 5) is 27.3. The van der Waals surface area contributed by atoms with Crippen molar-refractivity contribution in [1.29, 1.82) is 0 Å². The van der Waals surface area contributed by atoms with Crippen molar-refractivity contribution in [3.05, 3.63) is 53.6 Å². The molecular weight excluding hydrogens is 382 g/mol. The summed E-state index contributed by atoms with van der Waals surface area (Å²) in [7, 11) is 0. The number of hydrogen-bond donors (Lipinski definition) is 0. The molecule has 0 radical (unpaired) electrons. The normalized spacial score (nSPS) is 15.6. The maximum absolute atomic E-state index is 13.2. The van der Waals surface area contributed by atoms with Gasteiger partial charge in [-0.1, -0.05) is 18.2 Å². The van der Waals surface area contributed by atoms with E-state index in [1.165, 1.54) is 5.01 Å². The number of ether oxygens (including phenoxy) is 2. The second-order valence-electron chi connectivity index (χ2n) is 7.39. The fourth-order valence-electron chi connectivity index (χ4n) is 3.59. The zero-order valence-corrected chi connectivity index (χ0v) is 17.3. The SMILES string of the molecule is CCN(Cc1ccc2c(c1)OCCO2)C(=O)C1=NN(c2cccc(C)c2)C(=O)CC1.